The largest absolute Gasteiger partial charge is 0.448 e. The highest BCUT2D eigenvalue weighted by Gasteiger charge is 2.46. The highest BCUT2D eigenvalue weighted by atomic mass is 33.1. The van der Waals surface area contributed by atoms with E-state index in [2.05, 4.69) is 6.58 Å². The van der Waals surface area contributed by atoms with Crippen molar-refractivity contribution in [2.24, 2.45) is 0 Å². The summed E-state index contributed by atoms with van der Waals surface area (Å²) in [6.07, 6.45) is 0.244. The van der Waals surface area contributed by atoms with Gasteiger partial charge in [-0.3, -0.25) is 4.79 Å². The lowest BCUT2D eigenvalue weighted by Crippen LogP contribution is -2.51. The van der Waals surface area contributed by atoms with Gasteiger partial charge in [-0.05, 0) is 49.4 Å². The molecule has 3 aliphatic rings. The second kappa shape index (κ2) is 11.5. The van der Waals surface area contributed by atoms with Crippen LogP contribution in [0.25, 0.3) is 0 Å². The Balaban J connectivity index is 1.55. The van der Waals surface area contributed by atoms with E-state index in [1.165, 1.54) is 17.0 Å². The van der Waals surface area contributed by atoms with Crippen molar-refractivity contribution in [1.82, 2.24) is 4.90 Å². The Morgan fingerprint density at radius 1 is 1.26 bits per heavy atom. The number of hydrogen-bond acceptors (Lipinski definition) is 9. The van der Waals surface area contributed by atoms with Gasteiger partial charge in [0.2, 0.25) is 0 Å². The second-order valence-corrected chi connectivity index (χ2v) is 12.1. The van der Waals surface area contributed by atoms with Gasteiger partial charge in [0.05, 0.1) is 30.5 Å². The fourth-order valence-electron chi connectivity index (χ4n) is 4.57. The molecule has 1 aromatic carbocycles. The third kappa shape index (κ3) is 5.65. The quantitative estimate of drug-likeness (QED) is 0.365. The molecule has 9 nitrogen and oxygen atoms in total. The molecule has 1 unspecified atom stereocenters. The van der Waals surface area contributed by atoms with Crippen molar-refractivity contribution in [2.45, 2.75) is 62.2 Å². The van der Waals surface area contributed by atoms with Gasteiger partial charge < -0.3 is 29.7 Å². The normalized spacial score (nSPS) is 23.7. The van der Waals surface area contributed by atoms with E-state index in [4.69, 9.17) is 9.47 Å². The van der Waals surface area contributed by atoms with Crippen molar-refractivity contribution in [2.75, 3.05) is 31.3 Å². The smallest absolute Gasteiger partial charge is 0.416 e. The van der Waals surface area contributed by atoms with Crippen LogP contribution in [0.2, 0.25) is 0 Å². The van der Waals surface area contributed by atoms with Crippen molar-refractivity contribution in [3.63, 3.8) is 0 Å². The fourth-order valence-corrected chi connectivity index (χ4v) is 7.21. The fraction of sp³-hybridized carbons (Fsp3) is 0.583. The maximum Gasteiger partial charge on any atom is 0.416 e. The first-order chi connectivity index (χ1) is 16.8. The van der Waals surface area contributed by atoms with E-state index in [1.807, 2.05) is 6.92 Å². The Hall–Kier alpha value is -1.76. The van der Waals surface area contributed by atoms with E-state index < -0.39 is 25.0 Å². The average molecular weight is 525 g/mol. The highest BCUT2D eigenvalue weighted by molar-refractivity contribution is 8.77. The van der Waals surface area contributed by atoms with Crippen LogP contribution in [0.4, 0.5) is 10.5 Å². The number of benzene rings is 1. The Labute approximate surface area is 212 Å². The minimum atomic E-state index is -1.35. The Kier molecular flexibility index (Phi) is 8.67. The number of carbonyl (C=O) groups is 2. The number of anilines is 1. The number of nitrogens with zero attached hydrogens (tertiary/aromatic N) is 2. The molecule has 0 radical (unpaired) electrons. The zero-order chi connectivity index (χ0) is 25.1. The second-order valence-electron chi connectivity index (χ2n) is 9.08. The molecule has 1 aromatic rings. The maximum absolute atomic E-state index is 13.4. The van der Waals surface area contributed by atoms with Crippen LogP contribution in [0, 0.1) is 0 Å². The molecule has 2 amide bonds. The summed E-state index contributed by atoms with van der Waals surface area (Å²) in [6, 6.07) is 2.28. The van der Waals surface area contributed by atoms with Crippen molar-refractivity contribution < 1.29 is 34.4 Å². The van der Waals surface area contributed by atoms with Gasteiger partial charge in [-0.25, -0.2) is 9.69 Å². The van der Waals surface area contributed by atoms with Crippen LogP contribution in [0.1, 0.15) is 47.7 Å². The number of aliphatic hydroxyl groups excluding tert-OH is 3. The first kappa shape index (κ1) is 26.3. The van der Waals surface area contributed by atoms with E-state index in [0.29, 0.717) is 22.8 Å². The van der Waals surface area contributed by atoms with Crippen LogP contribution in [0.3, 0.4) is 0 Å². The third-order valence-electron chi connectivity index (χ3n) is 6.47. The molecule has 3 atom stereocenters. The van der Waals surface area contributed by atoms with E-state index in [1.54, 1.807) is 21.6 Å². The molecule has 192 valence electrons. The number of ether oxygens (including phenoxy) is 2. The van der Waals surface area contributed by atoms with Crippen LogP contribution in [-0.4, -0.2) is 81.4 Å². The van der Waals surface area contributed by atoms with E-state index in [-0.39, 0.29) is 42.2 Å². The maximum atomic E-state index is 13.4. The first-order valence-electron chi connectivity index (χ1n) is 11.7. The predicted octanol–water partition coefficient (Wildman–Crippen LogP) is 2.67. The number of rotatable bonds is 7. The highest BCUT2D eigenvalue weighted by Crippen LogP contribution is 2.39. The van der Waals surface area contributed by atoms with E-state index >= 15 is 0 Å². The molecule has 0 saturated carbocycles. The van der Waals surface area contributed by atoms with Gasteiger partial charge in [0.25, 0.3) is 5.91 Å². The van der Waals surface area contributed by atoms with E-state index in [9.17, 15) is 24.9 Å². The predicted molar refractivity (Wildman–Crippen MR) is 135 cm³/mol. The summed E-state index contributed by atoms with van der Waals surface area (Å²) >= 11 is 0. The summed E-state index contributed by atoms with van der Waals surface area (Å²) < 4.78 is 11.0. The zero-order valence-electron chi connectivity index (χ0n) is 19.7. The third-order valence-corrected chi connectivity index (χ3v) is 9.93. The molecule has 3 aliphatic heterocycles. The van der Waals surface area contributed by atoms with E-state index in [0.717, 1.165) is 36.5 Å². The van der Waals surface area contributed by atoms with Crippen LogP contribution in [0.15, 0.2) is 24.3 Å². The minimum absolute atomic E-state index is 0.0181. The van der Waals surface area contributed by atoms with Gasteiger partial charge in [-0.2, -0.15) is 0 Å². The minimum Gasteiger partial charge on any atom is -0.448 e. The Morgan fingerprint density at radius 3 is 2.63 bits per heavy atom. The molecule has 11 heteroatoms. The summed E-state index contributed by atoms with van der Waals surface area (Å²) in [5.41, 5.74) is 1.85. The molecule has 2 saturated heterocycles. The van der Waals surface area contributed by atoms with Crippen molar-refractivity contribution in [3.8, 4) is 0 Å². The van der Waals surface area contributed by atoms with Gasteiger partial charge in [-0.1, -0.05) is 33.7 Å². The standard InChI is InChI=1S/C24H32N2O7S2/c1-14-7-21-23(30)26(24(31)33-13-15(2)34-35-18-3-5-32-6-4-18)20-9-17(12-28)16(11-27)8-19(20)22(29)25(21)10-14/h8-9,15,18,21,23,27-28,30H,1,3-7,10-13H2,2H3/t15-,21+,23?/m1/s1. The topological polar surface area (TPSA) is 120 Å². The van der Waals surface area contributed by atoms with Gasteiger partial charge in [-0.15, -0.1) is 0 Å². The monoisotopic (exact) mass is 524 g/mol. The van der Waals surface area contributed by atoms with Gasteiger partial charge in [0.1, 0.15) is 6.61 Å². The molecule has 0 aliphatic carbocycles. The van der Waals surface area contributed by atoms with Gasteiger partial charge in [0, 0.05) is 30.3 Å². The molecule has 0 bridgehead atoms. The summed E-state index contributed by atoms with van der Waals surface area (Å²) in [5, 5.41) is 31.3. The summed E-state index contributed by atoms with van der Waals surface area (Å²) in [4.78, 5) is 29.3. The molecular weight excluding hydrogens is 492 g/mol. The molecule has 0 aromatic heterocycles. The summed E-state index contributed by atoms with van der Waals surface area (Å²) in [7, 11) is 3.43. The Bertz CT molecular complexity index is 969. The van der Waals surface area contributed by atoms with Crippen molar-refractivity contribution >= 4 is 39.3 Å². The number of fused-ring (bicyclic) bond motifs is 2. The van der Waals surface area contributed by atoms with Crippen LogP contribution in [-0.2, 0) is 22.7 Å². The summed E-state index contributed by atoms with van der Waals surface area (Å²) in [5.74, 6) is -0.367. The average Bonchev–Trinajstić information content (AvgIpc) is 3.24. The molecule has 2 fully saturated rings. The first-order valence-corrected chi connectivity index (χ1v) is 14.0. The summed E-state index contributed by atoms with van der Waals surface area (Å²) in [6.45, 7) is 7.11. The lowest BCUT2D eigenvalue weighted by molar-refractivity contribution is 0.0491. The van der Waals surface area contributed by atoms with Crippen molar-refractivity contribution in [3.05, 3.63) is 41.0 Å². The molecule has 4 rings (SSSR count). The Morgan fingerprint density at radius 2 is 1.94 bits per heavy atom. The molecule has 0 spiro atoms. The zero-order valence-corrected chi connectivity index (χ0v) is 21.4. The lowest BCUT2D eigenvalue weighted by Gasteiger charge is -2.32. The number of hydrogen-bond donors (Lipinski definition) is 3. The SMILES string of the molecule is C=C1C[C@H]2C(O)N(C(=O)OC[C@@H](C)SSC3CCOCC3)c3cc(CO)c(CO)cc3C(=O)N2C1. The van der Waals surface area contributed by atoms with Crippen molar-refractivity contribution in [1.29, 1.82) is 0 Å². The lowest BCUT2D eigenvalue weighted by atomic mass is 10.0. The van der Waals surface area contributed by atoms with Gasteiger partial charge in [0.15, 0.2) is 6.23 Å². The van der Waals surface area contributed by atoms with Crippen LogP contribution in [0.5, 0.6) is 0 Å². The molecule has 35 heavy (non-hydrogen) atoms. The van der Waals surface area contributed by atoms with Crippen LogP contribution < -0.4 is 4.90 Å². The number of carbonyl (C=O) groups excluding carboxylic acids is 2. The molecule has 3 N–H and O–H groups in total. The number of amides is 2. The van der Waals surface area contributed by atoms with Gasteiger partial charge >= 0.3 is 6.09 Å². The van der Waals surface area contributed by atoms with Crippen LogP contribution >= 0.6 is 21.6 Å². The number of aliphatic hydroxyl groups is 3. The molecular formula is C24H32N2O7S2. The molecule has 3 heterocycles.